The average Bonchev–Trinajstić information content (AvgIpc) is 2.46. The molecule has 3 nitrogen and oxygen atoms in total. The number of halogens is 1. The zero-order chi connectivity index (χ0) is 11.7. The first-order valence-electron chi connectivity index (χ1n) is 4.96. The molecular weight excluding hydrogens is 274 g/mol. The predicted octanol–water partition coefficient (Wildman–Crippen LogP) is 3.96. The van der Waals surface area contributed by atoms with Crippen LogP contribution in [0, 0.1) is 0 Å². The molecule has 1 rings (SSSR count). The van der Waals surface area contributed by atoms with Gasteiger partial charge in [-0.3, -0.25) is 0 Å². The fraction of sp³-hybridized carbons (Fsp3) is 0.700. The molecule has 0 amide bonds. The summed E-state index contributed by atoms with van der Waals surface area (Å²) in [6, 6.07) is 0. The zero-order valence-corrected chi connectivity index (χ0v) is 12.5. The van der Waals surface area contributed by atoms with Crippen LogP contribution in [-0.4, -0.2) is 13.3 Å². The highest BCUT2D eigenvalue weighted by atomic mass is 79.9. The number of oxazole rings is 1. The van der Waals surface area contributed by atoms with Crippen LogP contribution in [-0.2, 0) is 11.0 Å². The van der Waals surface area contributed by atoms with Gasteiger partial charge in [-0.1, -0.05) is 20.8 Å². The van der Waals surface area contributed by atoms with Crippen LogP contribution in [0.3, 0.4) is 0 Å². The molecule has 0 bridgehead atoms. The summed E-state index contributed by atoms with van der Waals surface area (Å²) in [6.45, 7) is 11.5. The van der Waals surface area contributed by atoms with E-state index >= 15 is 0 Å². The van der Waals surface area contributed by atoms with Gasteiger partial charge in [0.05, 0.1) is 0 Å². The number of rotatable bonds is 3. The zero-order valence-electron chi connectivity index (χ0n) is 9.93. The lowest BCUT2D eigenvalue weighted by molar-refractivity contribution is 0.240. The molecule has 1 aromatic heterocycles. The Hall–Kier alpha value is -0.133. The third-order valence-electron chi connectivity index (χ3n) is 2.89. The number of hydrogen-bond donors (Lipinski definition) is 0. The Morgan fingerprint density at radius 1 is 1.47 bits per heavy atom. The van der Waals surface area contributed by atoms with Gasteiger partial charge in [-0.2, -0.15) is 0 Å². The number of hydrogen-bond acceptors (Lipinski definition) is 3. The third kappa shape index (κ3) is 3.43. The van der Waals surface area contributed by atoms with E-state index in [-0.39, 0.29) is 5.04 Å². The van der Waals surface area contributed by atoms with Gasteiger partial charge in [-0.05, 0) is 34.1 Å². The molecule has 1 heterocycles. The van der Waals surface area contributed by atoms with Crippen LogP contribution in [0.15, 0.2) is 15.3 Å². The summed E-state index contributed by atoms with van der Waals surface area (Å²) in [6.07, 6.45) is 1.57. The van der Waals surface area contributed by atoms with Crippen LogP contribution < -0.4 is 0 Å². The van der Waals surface area contributed by atoms with E-state index in [2.05, 4.69) is 54.8 Å². The minimum absolute atomic E-state index is 0.219. The molecule has 15 heavy (non-hydrogen) atoms. The lowest BCUT2D eigenvalue weighted by Gasteiger charge is -2.35. The average molecular weight is 292 g/mol. The smallest absolute Gasteiger partial charge is 0.219 e. The summed E-state index contributed by atoms with van der Waals surface area (Å²) in [5.74, 6) is 0.631. The van der Waals surface area contributed by atoms with E-state index in [1.165, 1.54) is 0 Å². The first-order valence-corrected chi connectivity index (χ1v) is 8.66. The normalized spacial score (nSPS) is 13.2. The topological polar surface area (TPSA) is 35.3 Å². The minimum atomic E-state index is -1.69. The molecule has 1 aromatic rings. The van der Waals surface area contributed by atoms with Crippen molar-refractivity contribution in [3.63, 3.8) is 0 Å². The second-order valence-corrected chi connectivity index (χ2v) is 10.7. The van der Waals surface area contributed by atoms with Crippen LogP contribution in [0.25, 0.3) is 0 Å². The predicted molar refractivity (Wildman–Crippen MR) is 66.2 cm³/mol. The summed E-state index contributed by atoms with van der Waals surface area (Å²) in [7, 11) is -1.69. The maximum atomic E-state index is 5.96. The highest BCUT2D eigenvalue weighted by Gasteiger charge is 2.37. The number of nitrogens with zero attached hydrogens (tertiary/aromatic N) is 1. The summed E-state index contributed by atoms with van der Waals surface area (Å²) < 4.78 is 11.9. The maximum absolute atomic E-state index is 5.96. The molecule has 0 saturated carbocycles. The molecule has 0 N–H and O–H groups in total. The SMILES string of the molecule is CC(C)(C)[Si](C)(C)OCc1nc(Br)co1. The van der Waals surface area contributed by atoms with Crippen molar-refractivity contribution < 1.29 is 8.84 Å². The molecule has 86 valence electrons. The molecule has 0 spiro atoms. The van der Waals surface area contributed by atoms with Crippen molar-refractivity contribution in [1.29, 1.82) is 0 Å². The summed E-state index contributed by atoms with van der Waals surface area (Å²) >= 11 is 3.24. The second-order valence-electron chi connectivity index (χ2n) is 5.11. The van der Waals surface area contributed by atoms with Gasteiger partial charge in [0.2, 0.25) is 5.89 Å². The van der Waals surface area contributed by atoms with Gasteiger partial charge in [-0.15, -0.1) is 0 Å². The number of aromatic nitrogens is 1. The highest BCUT2D eigenvalue weighted by molar-refractivity contribution is 9.10. The van der Waals surface area contributed by atoms with Gasteiger partial charge in [0.25, 0.3) is 0 Å². The van der Waals surface area contributed by atoms with Gasteiger partial charge in [-0.25, -0.2) is 4.98 Å². The van der Waals surface area contributed by atoms with Crippen molar-refractivity contribution in [3.8, 4) is 0 Å². The van der Waals surface area contributed by atoms with E-state index in [9.17, 15) is 0 Å². The fourth-order valence-corrected chi connectivity index (χ4v) is 2.02. The maximum Gasteiger partial charge on any atom is 0.219 e. The minimum Gasteiger partial charge on any atom is -0.445 e. The first kappa shape index (κ1) is 12.9. The van der Waals surface area contributed by atoms with Crippen LogP contribution >= 0.6 is 15.9 Å². The second kappa shape index (κ2) is 4.39. The molecule has 0 fully saturated rings. The van der Waals surface area contributed by atoms with Crippen molar-refractivity contribution in [2.75, 3.05) is 0 Å². The van der Waals surface area contributed by atoms with E-state index in [1.807, 2.05) is 0 Å². The highest BCUT2D eigenvalue weighted by Crippen LogP contribution is 2.36. The van der Waals surface area contributed by atoms with Crippen molar-refractivity contribution in [3.05, 3.63) is 16.8 Å². The molecule has 0 saturated heterocycles. The Labute approximate surface area is 100 Å². The van der Waals surface area contributed by atoms with Crippen molar-refractivity contribution in [1.82, 2.24) is 4.98 Å². The Kier molecular flexibility index (Phi) is 3.79. The summed E-state index contributed by atoms with van der Waals surface area (Å²) in [5.41, 5.74) is 0. The quantitative estimate of drug-likeness (QED) is 0.791. The van der Waals surface area contributed by atoms with E-state index in [1.54, 1.807) is 6.26 Å². The molecular formula is C10H18BrNO2Si. The standard InChI is InChI=1S/C10H18BrNO2Si/c1-10(2,3)15(4,5)14-7-9-12-8(11)6-13-9/h6H,7H2,1-5H3. The van der Waals surface area contributed by atoms with Gasteiger partial charge < -0.3 is 8.84 Å². The van der Waals surface area contributed by atoms with Crippen LogP contribution in [0.2, 0.25) is 18.1 Å². The molecule has 0 radical (unpaired) electrons. The van der Waals surface area contributed by atoms with Crippen LogP contribution in [0.4, 0.5) is 0 Å². The van der Waals surface area contributed by atoms with E-state index in [0.717, 1.165) is 4.60 Å². The Morgan fingerprint density at radius 2 is 2.07 bits per heavy atom. The van der Waals surface area contributed by atoms with Gasteiger partial charge in [0, 0.05) is 0 Å². The fourth-order valence-electron chi connectivity index (χ4n) is 0.813. The van der Waals surface area contributed by atoms with Gasteiger partial charge in [0.15, 0.2) is 8.32 Å². The Bertz CT molecular complexity index is 330. The van der Waals surface area contributed by atoms with Crippen molar-refractivity contribution >= 4 is 24.2 Å². The van der Waals surface area contributed by atoms with E-state index in [0.29, 0.717) is 12.5 Å². The van der Waals surface area contributed by atoms with E-state index < -0.39 is 8.32 Å². The van der Waals surface area contributed by atoms with Crippen molar-refractivity contribution in [2.45, 2.75) is 45.5 Å². The van der Waals surface area contributed by atoms with Crippen LogP contribution in [0.1, 0.15) is 26.7 Å². The van der Waals surface area contributed by atoms with Crippen LogP contribution in [0.5, 0.6) is 0 Å². The lowest BCUT2D eigenvalue weighted by atomic mass is 10.2. The van der Waals surface area contributed by atoms with E-state index in [4.69, 9.17) is 8.84 Å². The first-order chi connectivity index (χ1) is 6.72. The molecule has 0 aromatic carbocycles. The van der Waals surface area contributed by atoms with Gasteiger partial charge >= 0.3 is 0 Å². The van der Waals surface area contributed by atoms with Crippen molar-refractivity contribution in [2.24, 2.45) is 0 Å². The summed E-state index contributed by atoms with van der Waals surface area (Å²) in [5, 5.41) is 0.219. The monoisotopic (exact) mass is 291 g/mol. The molecule has 0 atom stereocenters. The third-order valence-corrected chi connectivity index (χ3v) is 7.73. The van der Waals surface area contributed by atoms with Gasteiger partial charge in [0.1, 0.15) is 17.5 Å². The Morgan fingerprint density at radius 3 is 2.47 bits per heavy atom. The lowest BCUT2D eigenvalue weighted by Crippen LogP contribution is -2.40. The largest absolute Gasteiger partial charge is 0.445 e. The molecule has 0 aliphatic rings. The summed E-state index contributed by atoms with van der Waals surface area (Å²) in [4.78, 5) is 4.14. The molecule has 5 heteroatoms. The molecule has 0 unspecified atom stereocenters. The molecule has 0 aliphatic carbocycles. The molecule has 0 aliphatic heterocycles. The Balaban J connectivity index is 2.57.